The van der Waals surface area contributed by atoms with E-state index in [-0.39, 0.29) is 43.3 Å². The lowest BCUT2D eigenvalue weighted by molar-refractivity contribution is -0.162. The Balaban J connectivity index is 0.0000140. The average molecular weight is 1370 g/mol. The molecule has 0 unspecified atom stereocenters. The highest BCUT2D eigenvalue weighted by Crippen LogP contribution is 2.44. The highest BCUT2D eigenvalue weighted by atomic mass is 35.5. The second kappa shape index (κ2) is 31.7. The van der Waals surface area contributed by atoms with Crippen LogP contribution in [0.1, 0.15) is 131 Å². The number of hydrogen-bond acceptors (Lipinski definition) is 21. The number of esters is 3. The quantitative estimate of drug-likeness (QED) is 0.0104. The first-order valence-electron chi connectivity index (χ1n) is 30.8. The third-order valence-electron chi connectivity index (χ3n) is 14.5. The molecule has 2 aromatic heterocycles. The second-order valence-corrected chi connectivity index (χ2v) is 28.8. The number of rotatable bonds is 25. The van der Waals surface area contributed by atoms with E-state index in [1.165, 1.54) is 11.3 Å². The number of sulfonamides is 1. The summed E-state index contributed by atoms with van der Waals surface area (Å²) >= 11 is 1.36. The molecule has 0 radical (unpaired) electrons. The molecule has 94 heavy (non-hydrogen) atoms. The van der Waals surface area contributed by atoms with Crippen LogP contribution in [0.3, 0.4) is 0 Å². The molecule has 3 aliphatic rings. The molecule has 27 nitrogen and oxygen atoms in total. The Morgan fingerprint density at radius 1 is 0.777 bits per heavy atom. The molecule has 3 aliphatic heterocycles. The zero-order valence-corrected chi connectivity index (χ0v) is 58.2. The predicted molar refractivity (Wildman–Crippen MR) is 343 cm³/mol. The first-order valence-corrected chi connectivity index (χ1v) is 33.1. The number of halogens is 1. The molecule has 4 amide bonds. The van der Waals surface area contributed by atoms with Crippen LogP contribution >= 0.6 is 11.3 Å². The van der Waals surface area contributed by atoms with Crippen LogP contribution in [0.15, 0.2) is 44.0 Å². The topological polar surface area (TPSA) is 351 Å². The number of hydrogen-bond donors (Lipinski definition) is 6. The summed E-state index contributed by atoms with van der Waals surface area (Å²) in [5.41, 5.74) is 7.99. The van der Waals surface area contributed by atoms with Gasteiger partial charge in [0.25, 0.3) is 10.0 Å². The molecule has 7 rings (SSSR count). The highest BCUT2D eigenvalue weighted by Gasteiger charge is 2.38. The molecular formula is C64H89ClN8O19S2. The van der Waals surface area contributed by atoms with Crippen molar-refractivity contribution in [2.24, 2.45) is 10.7 Å². The number of morpholine rings is 1. The summed E-state index contributed by atoms with van der Waals surface area (Å²) in [5, 5.41) is 11.9. The van der Waals surface area contributed by atoms with Gasteiger partial charge in [0.1, 0.15) is 65.8 Å². The number of ether oxygens (including phenoxy) is 9. The average Bonchev–Trinajstić information content (AvgIpc) is 1.53. The van der Waals surface area contributed by atoms with Crippen molar-refractivity contribution >= 4 is 79.1 Å². The summed E-state index contributed by atoms with van der Waals surface area (Å²) in [4.78, 5) is 99.5. The van der Waals surface area contributed by atoms with Gasteiger partial charge in [-0.3, -0.25) is 33.8 Å². The van der Waals surface area contributed by atoms with Gasteiger partial charge in [-0.05, 0) is 144 Å². The summed E-state index contributed by atoms with van der Waals surface area (Å²) < 4.78 is 91.0. The van der Waals surface area contributed by atoms with Crippen LogP contribution in [-0.2, 0) is 73.7 Å². The van der Waals surface area contributed by atoms with Gasteiger partial charge in [-0.1, -0.05) is 6.07 Å². The van der Waals surface area contributed by atoms with E-state index in [2.05, 4.69) is 31.0 Å². The van der Waals surface area contributed by atoms with Gasteiger partial charge < -0.3 is 86.5 Å². The molecule has 4 aromatic rings. The Bertz CT molecular complexity index is 3690. The van der Waals surface area contributed by atoms with E-state index in [9.17, 15) is 42.0 Å². The minimum atomic E-state index is -4.27. The van der Waals surface area contributed by atoms with Gasteiger partial charge in [0.15, 0.2) is 42.0 Å². The Morgan fingerprint density at radius 3 is 2.12 bits per heavy atom. The normalized spacial score (nSPS) is 15.6. The molecule has 2 aromatic carbocycles. The molecule has 0 aliphatic carbocycles. The van der Waals surface area contributed by atoms with E-state index in [1.807, 2.05) is 42.0 Å². The molecule has 0 bridgehead atoms. The fraction of sp³-hybridized carbons (Fsp3) is 0.578. The predicted octanol–water partition coefficient (Wildman–Crippen LogP) is 1.57. The molecule has 3 atom stereocenters. The van der Waals surface area contributed by atoms with Gasteiger partial charge >= 0.3 is 23.5 Å². The summed E-state index contributed by atoms with van der Waals surface area (Å²) in [6, 6.07) is 2.91. The number of nitrogens with zero attached hydrogens (tertiary/aromatic N) is 2. The maximum absolute atomic E-state index is 14.1. The second-order valence-electron chi connectivity index (χ2n) is 26.3. The van der Waals surface area contributed by atoms with Crippen LogP contribution in [0.4, 0.5) is 0 Å². The number of aliphatic imine (C=N–C) groups is 1. The number of benzene rings is 2. The van der Waals surface area contributed by atoms with E-state index < -0.39 is 131 Å². The zero-order valence-electron chi connectivity index (χ0n) is 55.9. The number of thiophene rings is 1. The molecule has 7 N–H and O–H groups in total. The van der Waals surface area contributed by atoms with Crippen LogP contribution in [0.2, 0.25) is 0 Å². The Labute approximate surface area is 557 Å². The van der Waals surface area contributed by atoms with Gasteiger partial charge in [0.2, 0.25) is 36.4 Å². The molecule has 0 saturated carbocycles. The lowest BCUT2D eigenvalue weighted by Gasteiger charge is -2.28. The van der Waals surface area contributed by atoms with E-state index in [0.29, 0.717) is 101 Å². The van der Waals surface area contributed by atoms with Crippen LogP contribution in [0, 0.1) is 20.8 Å². The monoisotopic (exact) mass is 1370 g/mol. The molecule has 30 heteroatoms. The van der Waals surface area contributed by atoms with E-state index in [1.54, 1.807) is 89.2 Å². The number of fused-ring (bicyclic) bond motifs is 3. The first-order chi connectivity index (χ1) is 43.5. The minimum absolute atomic E-state index is 0. The summed E-state index contributed by atoms with van der Waals surface area (Å²) in [6.07, 6.45) is -1.27. The lowest BCUT2D eigenvalue weighted by Crippen LogP contribution is -3.00. The van der Waals surface area contributed by atoms with Gasteiger partial charge in [-0.2, -0.15) is 4.58 Å². The van der Waals surface area contributed by atoms with Gasteiger partial charge in [0, 0.05) is 35.9 Å². The molecule has 5 heterocycles. The maximum Gasteiger partial charge on any atom is 0.371 e. The third-order valence-corrected chi connectivity index (χ3v) is 17.1. The number of carbonyl (C=O) groups is 7. The summed E-state index contributed by atoms with van der Waals surface area (Å²) in [6.45, 7) is 25.1. The summed E-state index contributed by atoms with van der Waals surface area (Å²) in [7, 11) is -4.27. The molecule has 1 fully saturated rings. The van der Waals surface area contributed by atoms with E-state index in [4.69, 9.17) is 52.8 Å². The highest BCUT2D eigenvalue weighted by molar-refractivity contribution is 7.90. The first kappa shape index (κ1) is 75.3. The van der Waals surface area contributed by atoms with E-state index >= 15 is 0 Å². The van der Waals surface area contributed by atoms with E-state index in [0.717, 1.165) is 16.7 Å². The van der Waals surface area contributed by atoms with Crippen molar-refractivity contribution in [3.63, 3.8) is 0 Å². The Hall–Kier alpha value is -7.73. The number of carbonyl (C=O) groups excluding carboxylic acids is 7. The minimum Gasteiger partial charge on any atom is -1.00 e. The molecule has 1 saturated heterocycles. The molecule has 518 valence electrons. The fourth-order valence-corrected chi connectivity index (χ4v) is 12.7. The van der Waals surface area contributed by atoms with Crippen molar-refractivity contribution in [3.05, 3.63) is 57.5 Å². The SMILES string of the molecule is Cc1c(C)c(S(=O)(=O)NC(N)=NCCC[C@H](NC(=O)CCC(=O)OCOc2cc(=[N+]3CCOCC3)oc3c(-c4ccc5c(c4)OCCO5)csc23)C(=O)NCC(=O)N[C@@H](CC(=O)OC(C)(C)C)C(=O)N[C@@H](COC(C)(C)C)C(=O)OC(C)(C)C)c(C)c2c1OC(C)(C)C2.[Cl-]. The zero-order chi connectivity index (χ0) is 68.4. The standard InChI is InChI=1S/C64H88N8O19S2.ClH/c1-36-37(2)56(38(3)40-31-64(13,14)90-53(36)40)93(80,81)71-60(65)66-21-15-16-42(57(77)67-32-49(74)69-43(29-52(76)89-62(7,8)9)58(78)70-44(33-87-61(4,5)6)59(79)91-63(10,11)12)68-48(73)19-20-51(75)86-35-85-47-30-50(72-22-24-82-25-23-72)88-54-41(34-92-55(47)54)39-17-18-45-46(28-39)84-27-26-83-45;/h17-18,28,30,34,42-44H,15-16,19-27,29,31-33,35H2,1-14H3,(H6-,65,66,67,68,69,70,71,73,74,77,78);1H/t42-,43-,44-;/m0./s1. The van der Waals surface area contributed by atoms with Crippen LogP contribution in [0.5, 0.6) is 23.0 Å². The maximum atomic E-state index is 14.1. The third kappa shape index (κ3) is 21.4. The number of nitrogens with one attached hydrogen (secondary N) is 5. The van der Waals surface area contributed by atoms with Gasteiger partial charge in [-0.25, -0.2) is 17.9 Å². The van der Waals surface area contributed by atoms with Crippen molar-refractivity contribution < 1.29 is 101 Å². The largest absolute Gasteiger partial charge is 1.00 e. The van der Waals surface area contributed by atoms with Gasteiger partial charge in [-0.15, -0.1) is 11.3 Å². The van der Waals surface area contributed by atoms with Crippen molar-refractivity contribution in [2.45, 2.75) is 181 Å². The summed E-state index contributed by atoms with van der Waals surface area (Å²) in [5.74, 6) is -4.33. The Kier molecular flexibility index (Phi) is 25.4. The fourth-order valence-electron chi connectivity index (χ4n) is 10.2. The number of amides is 4. The molecular weight excluding hydrogens is 1280 g/mol. The van der Waals surface area contributed by atoms with Crippen molar-refractivity contribution in [3.8, 4) is 34.1 Å². The van der Waals surface area contributed by atoms with Crippen molar-refractivity contribution in [1.29, 1.82) is 0 Å². The Morgan fingerprint density at radius 2 is 1.45 bits per heavy atom. The van der Waals surface area contributed by atoms with Crippen LogP contribution < -0.4 is 73.2 Å². The lowest BCUT2D eigenvalue weighted by atomic mass is 9.94. The number of guanidine groups is 1. The molecule has 0 spiro atoms. The van der Waals surface area contributed by atoms with Gasteiger partial charge in [0.05, 0.1) is 42.6 Å². The smallest absolute Gasteiger partial charge is 0.371 e. The van der Waals surface area contributed by atoms with Crippen molar-refractivity contribution in [1.82, 2.24) is 30.6 Å². The number of nitrogens with two attached hydrogens (primary N) is 1. The van der Waals surface area contributed by atoms with Crippen LogP contribution in [-0.4, -0.2) is 162 Å². The van der Waals surface area contributed by atoms with Crippen molar-refractivity contribution in [2.75, 3.05) is 66.0 Å². The van der Waals surface area contributed by atoms with Crippen LogP contribution in [0.25, 0.3) is 21.4 Å².